The average Bonchev–Trinajstić information content (AvgIpc) is 2.35. The lowest BCUT2D eigenvalue weighted by molar-refractivity contribution is 0.327. The molecule has 1 aliphatic heterocycles. The Morgan fingerprint density at radius 2 is 2.15 bits per heavy atom. The summed E-state index contributed by atoms with van der Waals surface area (Å²) in [6.07, 6.45) is 0.962. The maximum absolute atomic E-state index is 12.4. The van der Waals surface area contributed by atoms with E-state index in [1.54, 1.807) is 18.2 Å². The third-order valence-corrected chi connectivity index (χ3v) is 6.53. The van der Waals surface area contributed by atoms with Gasteiger partial charge in [-0.25, -0.2) is 13.1 Å². The van der Waals surface area contributed by atoms with Gasteiger partial charge in [-0.3, -0.25) is 0 Å². The summed E-state index contributed by atoms with van der Waals surface area (Å²) in [6.45, 7) is 3.64. The molecule has 1 aromatic rings. The number of sulfonamides is 1. The molecule has 1 aliphatic rings. The minimum atomic E-state index is -3.57. The fraction of sp³-hybridized carbons (Fsp3) is 0.500. The molecule has 0 bridgehead atoms. The van der Waals surface area contributed by atoms with Crippen LogP contribution in [0.15, 0.2) is 27.6 Å². The van der Waals surface area contributed by atoms with E-state index in [1.165, 1.54) is 0 Å². The molecule has 1 aromatic carbocycles. The largest absolute Gasteiger partial charge is 0.315 e. The van der Waals surface area contributed by atoms with Gasteiger partial charge in [-0.05, 0) is 46.9 Å². The molecule has 2 rings (SSSR count). The average molecular weight is 404 g/mol. The quantitative estimate of drug-likeness (QED) is 0.815. The number of piperidine rings is 1. The second-order valence-electron chi connectivity index (χ2n) is 4.75. The highest BCUT2D eigenvalue weighted by Crippen LogP contribution is 2.29. The fourth-order valence-corrected chi connectivity index (χ4v) is 4.68. The second-order valence-corrected chi connectivity index (χ2v) is 7.63. The van der Waals surface area contributed by atoms with E-state index < -0.39 is 10.0 Å². The molecule has 8 heteroatoms. The van der Waals surface area contributed by atoms with Crippen LogP contribution in [0, 0.1) is 5.92 Å². The fourth-order valence-electron chi connectivity index (χ4n) is 2.10. The van der Waals surface area contributed by atoms with Crippen molar-refractivity contribution < 1.29 is 8.42 Å². The number of hydrogen-bond donors (Lipinski definition) is 2. The van der Waals surface area contributed by atoms with E-state index >= 15 is 0 Å². The molecule has 2 N–H and O–H groups in total. The summed E-state index contributed by atoms with van der Waals surface area (Å²) >= 11 is 9.17. The van der Waals surface area contributed by atoms with E-state index in [0.29, 0.717) is 22.0 Å². The van der Waals surface area contributed by atoms with Gasteiger partial charge in [0.2, 0.25) is 10.0 Å². The first-order valence-corrected chi connectivity index (χ1v) is 8.74. The van der Waals surface area contributed by atoms with Gasteiger partial charge < -0.3 is 5.32 Å². The molecule has 4 nitrogen and oxygen atoms in total. The van der Waals surface area contributed by atoms with Crippen molar-refractivity contribution in [2.75, 3.05) is 13.1 Å². The maximum Gasteiger partial charge on any atom is 0.242 e. The molecule has 1 heterocycles. The Kier molecular flexibility index (Phi) is 6.76. The number of nitrogens with one attached hydrogen (secondary N) is 2. The van der Waals surface area contributed by atoms with Crippen LogP contribution in [0.3, 0.4) is 0 Å². The van der Waals surface area contributed by atoms with Crippen LogP contribution in [0.5, 0.6) is 0 Å². The van der Waals surface area contributed by atoms with Crippen LogP contribution in [0.4, 0.5) is 0 Å². The monoisotopic (exact) mass is 402 g/mol. The summed E-state index contributed by atoms with van der Waals surface area (Å²) < 4.78 is 27.9. The molecule has 1 saturated heterocycles. The molecule has 0 radical (unpaired) electrons. The zero-order valence-corrected chi connectivity index (χ0v) is 14.9. The third-order valence-electron chi connectivity index (χ3n) is 3.34. The summed E-state index contributed by atoms with van der Waals surface area (Å²) in [6, 6.07) is 4.73. The van der Waals surface area contributed by atoms with Crippen LogP contribution in [-0.4, -0.2) is 27.5 Å². The molecule has 0 spiro atoms. The van der Waals surface area contributed by atoms with E-state index in [9.17, 15) is 8.42 Å². The predicted octanol–water partition coefficient (Wildman–Crippen LogP) is 2.80. The first-order chi connectivity index (χ1) is 8.92. The summed E-state index contributed by atoms with van der Waals surface area (Å²) in [5, 5.41) is 3.59. The summed E-state index contributed by atoms with van der Waals surface area (Å²) in [5.74, 6) is 0.314. The molecular weight excluding hydrogens is 387 g/mol. The third kappa shape index (κ3) is 4.08. The van der Waals surface area contributed by atoms with Crippen molar-refractivity contribution in [3.63, 3.8) is 0 Å². The highest BCUT2D eigenvalue weighted by molar-refractivity contribution is 9.10. The van der Waals surface area contributed by atoms with Crippen molar-refractivity contribution in [3.05, 3.63) is 27.7 Å². The molecule has 0 saturated carbocycles. The Morgan fingerprint density at radius 1 is 1.45 bits per heavy atom. The Bertz CT molecular complexity index is 569. The van der Waals surface area contributed by atoms with E-state index in [-0.39, 0.29) is 23.3 Å². The van der Waals surface area contributed by atoms with Crippen LogP contribution in [-0.2, 0) is 10.0 Å². The molecule has 20 heavy (non-hydrogen) atoms. The topological polar surface area (TPSA) is 58.2 Å². The molecule has 2 unspecified atom stereocenters. The van der Waals surface area contributed by atoms with Gasteiger partial charge in [0, 0.05) is 12.6 Å². The summed E-state index contributed by atoms with van der Waals surface area (Å²) in [5.41, 5.74) is 0. The number of rotatable bonds is 3. The minimum absolute atomic E-state index is 0. The Balaban J connectivity index is 0.00000200. The van der Waals surface area contributed by atoms with Gasteiger partial charge >= 0.3 is 0 Å². The van der Waals surface area contributed by atoms with E-state index in [2.05, 4.69) is 32.9 Å². The molecule has 0 aliphatic carbocycles. The van der Waals surface area contributed by atoms with Crippen LogP contribution in [0.25, 0.3) is 0 Å². The Hall–Kier alpha value is 0.150. The van der Waals surface area contributed by atoms with Gasteiger partial charge in [0.25, 0.3) is 0 Å². The molecule has 2 atom stereocenters. The number of halogens is 3. The Morgan fingerprint density at radius 3 is 2.80 bits per heavy atom. The zero-order chi connectivity index (χ0) is 14.0. The van der Waals surface area contributed by atoms with Crippen molar-refractivity contribution in [1.82, 2.24) is 10.0 Å². The first kappa shape index (κ1) is 18.2. The summed E-state index contributed by atoms with van der Waals surface area (Å²) in [4.78, 5) is 0.178. The summed E-state index contributed by atoms with van der Waals surface area (Å²) in [7, 11) is -3.57. The highest BCUT2D eigenvalue weighted by atomic mass is 79.9. The van der Waals surface area contributed by atoms with Gasteiger partial charge in [-0.15, -0.1) is 12.4 Å². The minimum Gasteiger partial charge on any atom is -0.315 e. The van der Waals surface area contributed by atoms with Gasteiger partial charge in [-0.1, -0.05) is 24.6 Å². The first-order valence-electron chi connectivity index (χ1n) is 6.09. The lowest BCUT2D eigenvalue weighted by Gasteiger charge is -2.30. The van der Waals surface area contributed by atoms with E-state index in [1.807, 2.05) is 0 Å². The van der Waals surface area contributed by atoms with Crippen molar-refractivity contribution in [2.45, 2.75) is 24.3 Å². The highest BCUT2D eigenvalue weighted by Gasteiger charge is 2.28. The van der Waals surface area contributed by atoms with Crippen molar-refractivity contribution >= 4 is 50.0 Å². The smallest absolute Gasteiger partial charge is 0.242 e. The van der Waals surface area contributed by atoms with Crippen molar-refractivity contribution in [1.29, 1.82) is 0 Å². The standard InChI is InChI=1S/C12H16BrClN2O2S.ClH/c1-8-5-6-15-7-10(8)16-19(17,18)11-4-2-3-9(14)12(11)13;/h2-4,8,10,15-16H,5-7H2,1H3;1H. The van der Waals surface area contributed by atoms with Gasteiger partial charge in [0.15, 0.2) is 0 Å². The SMILES string of the molecule is CC1CCNCC1NS(=O)(=O)c1cccc(Cl)c1Br.Cl. The maximum atomic E-state index is 12.4. The van der Waals surface area contributed by atoms with E-state index in [4.69, 9.17) is 11.6 Å². The van der Waals surface area contributed by atoms with E-state index in [0.717, 1.165) is 13.0 Å². The normalized spacial score (nSPS) is 23.1. The number of hydrogen-bond acceptors (Lipinski definition) is 3. The molecule has 0 amide bonds. The van der Waals surface area contributed by atoms with Crippen LogP contribution >= 0.6 is 39.9 Å². The van der Waals surface area contributed by atoms with Crippen molar-refractivity contribution in [2.24, 2.45) is 5.92 Å². The van der Waals surface area contributed by atoms with Crippen LogP contribution in [0.1, 0.15) is 13.3 Å². The van der Waals surface area contributed by atoms with Gasteiger partial charge in [0.05, 0.1) is 14.4 Å². The predicted molar refractivity (Wildman–Crippen MR) is 87.2 cm³/mol. The molecule has 114 valence electrons. The van der Waals surface area contributed by atoms with Gasteiger partial charge in [-0.2, -0.15) is 0 Å². The second kappa shape index (κ2) is 7.42. The van der Waals surface area contributed by atoms with Crippen molar-refractivity contribution in [3.8, 4) is 0 Å². The lowest BCUT2D eigenvalue weighted by atomic mass is 9.96. The molecule has 0 aromatic heterocycles. The van der Waals surface area contributed by atoms with Crippen LogP contribution < -0.4 is 10.0 Å². The number of benzene rings is 1. The zero-order valence-electron chi connectivity index (χ0n) is 10.9. The Labute approximate surface area is 139 Å². The lowest BCUT2D eigenvalue weighted by Crippen LogP contribution is -2.50. The molecular formula is C12H17BrCl2N2O2S. The van der Waals surface area contributed by atoms with Gasteiger partial charge in [0.1, 0.15) is 0 Å². The van der Waals surface area contributed by atoms with Crippen LogP contribution in [0.2, 0.25) is 5.02 Å². The molecule has 1 fully saturated rings.